The van der Waals surface area contributed by atoms with E-state index in [0.29, 0.717) is 11.9 Å². The fraction of sp³-hybridized carbons (Fsp3) is 0.929. The van der Waals surface area contributed by atoms with Crippen molar-refractivity contribution in [1.82, 2.24) is 5.32 Å². The van der Waals surface area contributed by atoms with E-state index >= 15 is 0 Å². The van der Waals surface area contributed by atoms with Gasteiger partial charge in [-0.3, -0.25) is 4.99 Å². The maximum atomic E-state index is 5.92. The lowest BCUT2D eigenvalue weighted by molar-refractivity contribution is -0.141. The van der Waals surface area contributed by atoms with Crippen LogP contribution in [0.5, 0.6) is 0 Å². The minimum Gasteiger partial charge on any atom is -0.375 e. The van der Waals surface area contributed by atoms with Crippen LogP contribution in [0.25, 0.3) is 0 Å². The molecule has 4 heteroatoms. The first-order chi connectivity index (χ1) is 8.39. The van der Waals surface area contributed by atoms with Crippen molar-refractivity contribution in [3.8, 4) is 0 Å². The number of ether oxygens (including phenoxy) is 1. The van der Waals surface area contributed by atoms with Crippen LogP contribution in [0, 0.1) is 5.92 Å². The molecule has 104 valence electrons. The van der Waals surface area contributed by atoms with Gasteiger partial charge in [-0.05, 0) is 58.8 Å². The molecule has 1 aliphatic heterocycles. The highest BCUT2D eigenvalue weighted by Gasteiger charge is 2.42. The second kappa shape index (κ2) is 5.08. The van der Waals surface area contributed by atoms with Gasteiger partial charge in [-0.25, -0.2) is 0 Å². The maximum absolute atomic E-state index is 5.92. The first-order valence-electron chi connectivity index (χ1n) is 7.11. The maximum Gasteiger partial charge on any atom is 0.188 e. The van der Waals surface area contributed by atoms with Crippen molar-refractivity contribution >= 4 is 5.96 Å². The molecule has 1 atom stereocenters. The van der Waals surface area contributed by atoms with E-state index in [0.717, 1.165) is 19.6 Å². The first-order valence-corrected chi connectivity index (χ1v) is 7.11. The van der Waals surface area contributed by atoms with E-state index in [-0.39, 0.29) is 11.1 Å². The zero-order valence-corrected chi connectivity index (χ0v) is 12.0. The van der Waals surface area contributed by atoms with Gasteiger partial charge in [-0.15, -0.1) is 0 Å². The van der Waals surface area contributed by atoms with E-state index in [2.05, 4.69) is 31.1 Å². The highest BCUT2D eigenvalue weighted by molar-refractivity contribution is 5.78. The Balaban J connectivity index is 1.80. The van der Waals surface area contributed by atoms with Crippen LogP contribution >= 0.6 is 0 Å². The van der Waals surface area contributed by atoms with Crippen molar-refractivity contribution in [3.63, 3.8) is 0 Å². The van der Waals surface area contributed by atoms with Crippen LogP contribution in [-0.4, -0.2) is 30.3 Å². The van der Waals surface area contributed by atoms with Gasteiger partial charge in [0, 0.05) is 18.7 Å². The Labute approximate surface area is 110 Å². The van der Waals surface area contributed by atoms with Crippen molar-refractivity contribution in [3.05, 3.63) is 0 Å². The Hall–Kier alpha value is -0.770. The van der Waals surface area contributed by atoms with Crippen LogP contribution < -0.4 is 11.1 Å². The Bertz CT molecular complexity index is 315. The lowest BCUT2D eigenvalue weighted by atomic mass is 9.72. The molecule has 2 aliphatic rings. The average molecular weight is 253 g/mol. The standard InChI is InChI=1S/C14H27N3O/c1-13(2,3)17-12(15)16-10-11-5-8-18-14(9-11)6-4-7-14/h11H,4-10H2,1-3H3,(H3,15,16,17). The Morgan fingerprint density at radius 3 is 2.72 bits per heavy atom. The number of nitrogens with two attached hydrogens (primary N) is 1. The summed E-state index contributed by atoms with van der Waals surface area (Å²) in [7, 11) is 0. The zero-order valence-electron chi connectivity index (χ0n) is 12.0. The molecule has 1 saturated heterocycles. The summed E-state index contributed by atoms with van der Waals surface area (Å²) in [4.78, 5) is 4.48. The lowest BCUT2D eigenvalue weighted by Crippen LogP contribution is -2.47. The number of nitrogens with zero attached hydrogens (tertiary/aromatic N) is 1. The van der Waals surface area contributed by atoms with Crippen molar-refractivity contribution in [2.24, 2.45) is 16.6 Å². The lowest BCUT2D eigenvalue weighted by Gasteiger charge is -2.47. The second-order valence-electron chi connectivity index (χ2n) is 6.84. The van der Waals surface area contributed by atoms with Crippen LogP contribution in [0.1, 0.15) is 52.9 Å². The number of hydrogen-bond donors (Lipinski definition) is 2. The van der Waals surface area contributed by atoms with Crippen molar-refractivity contribution in [1.29, 1.82) is 0 Å². The van der Waals surface area contributed by atoms with E-state index in [4.69, 9.17) is 10.5 Å². The molecule has 18 heavy (non-hydrogen) atoms. The van der Waals surface area contributed by atoms with Crippen LogP contribution in [0.3, 0.4) is 0 Å². The SMILES string of the molecule is CC(C)(C)NC(N)=NCC1CCOC2(CCC2)C1. The third-order valence-electron chi connectivity index (χ3n) is 3.88. The number of nitrogens with one attached hydrogen (secondary N) is 1. The minimum absolute atomic E-state index is 0.0154. The van der Waals surface area contributed by atoms with E-state index in [1.54, 1.807) is 0 Å². The molecule has 1 saturated carbocycles. The highest BCUT2D eigenvalue weighted by atomic mass is 16.5. The number of guanidine groups is 1. The molecule has 1 heterocycles. The normalized spacial score (nSPS) is 27.9. The quantitative estimate of drug-likeness (QED) is 0.585. The van der Waals surface area contributed by atoms with Gasteiger partial charge in [0.2, 0.25) is 0 Å². The summed E-state index contributed by atoms with van der Waals surface area (Å²) >= 11 is 0. The van der Waals surface area contributed by atoms with Gasteiger partial charge < -0.3 is 15.8 Å². The van der Waals surface area contributed by atoms with Gasteiger partial charge in [0.25, 0.3) is 0 Å². The van der Waals surface area contributed by atoms with Crippen molar-refractivity contribution in [2.45, 2.75) is 64.0 Å². The molecule has 0 aromatic carbocycles. The predicted molar refractivity (Wildman–Crippen MR) is 74.6 cm³/mol. The zero-order chi connectivity index (χ0) is 13.2. The minimum atomic E-state index is -0.0154. The monoisotopic (exact) mass is 253 g/mol. The Morgan fingerprint density at radius 1 is 1.44 bits per heavy atom. The third kappa shape index (κ3) is 3.61. The summed E-state index contributed by atoms with van der Waals surface area (Å²) in [5.74, 6) is 1.20. The van der Waals surface area contributed by atoms with E-state index in [9.17, 15) is 0 Å². The summed E-state index contributed by atoms with van der Waals surface area (Å²) < 4.78 is 5.92. The fourth-order valence-corrected chi connectivity index (χ4v) is 2.86. The van der Waals surface area contributed by atoms with Crippen LogP contribution in [0.4, 0.5) is 0 Å². The van der Waals surface area contributed by atoms with Gasteiger partial charge in [0.05, 0.1) is 5.60 Å². The molecule has 0 aromatic rings. The summed E-state index contributed by atoms with van der Waals surface area (Å²) in [6, 6.07) is 0. The van der Waals surface area contributed by atoms with Crippen molar-refractivity contribution < 1.29 is 4.74 Å². The molecule has 2 rings (SSSR count). The van der Waals surface area contributed by atoms with Crippen molar-refractivity contribution in [2.75, 3.05) is 13.2 Å². The topological polar surface area (TPSA) is 59.6 Å². The van der Waals surface area contributed by atoms with E-state index in [1.165, 1.54) is 25.7 Å². The molecule has 2 fully saturated rings. The van der Waals surface area contributed by atoms with E-state index in [1.807, 2.05) is 0 Å². The van der Waals surface area contributed by atoms with Crippen LogP contribution in [0.15, 0.2) is 4.99 Å². The molecule has 0 bridgehead atoms. The Morgan fingerprint density at radius 2 is 2.17 bits per heavy atom. The third-order valence-corrected chi connectivity index (χ3v) is 3.88. The number of rotatable bonds is 2. The van der Waals surface area contributed by atoms with Crippen LogP contribution in [-0.2, 0) is 4.74 Å². The molecule has 0 amide bonds. The summed E-state index contributed by atoms with van der Waals surface area (Å²) in [5, 5.41) is 3.20. The highest BCUT2D eigenvalue weighted by Crippen LogP contribution is 2.44. The molecular formula is C14H27N3O. The van der Waals surface area contributed by atoms with Gasteiger partial charge in [0.15, 0.2) is 5.96 Å². The molecule has 3 N–H and O–H groups in total. The average Bonchev–Trinajstić information content (AvgIpc) is 2.22. The molecule has 0 radical (unpaired) electrons. The number of aliphatic imine (C=N–C) groups is 1. The molecule has 4 nitrogen and oxygen atoms in total. The molecule has 1 aliphatic carbocycles. The largest absolute Gasteiger partial charge is 0.375 e. The summed E-state index contributed by atoms with van der Waals surface area (Å²) in [6.45, 7) is 8.00. The molecule has 1 unspecified atom stereocenters. The van der Waals surface area contributed by atoms with Gasteiger partial charge in [-0.1, -0.05) is 0 Å². The fourth-order valence-electron chi connectivity index (χ4n) is 2.86. The summed E-state index contributed by atoms with van der Waals surface area (Å²) in [5.41, 5.74) is 6.10. The van der Waals surface area contributed by atoms with Crippen LogP contribution in [0.2, 0.25) is 0 Å². The second-order valence-corrected chi connectivity index (χ2v) is 6.84. The smallest absolute Gasteiger partial charge is 0.188 e. The Kier molecular flexibility index (Phi) is 3.85. The molecule has 0 aromatic heterocycles. The first kappa shape index (κ1) is 13.7. The van der Waals surface area contributed by atoms with E-state index < -0.39 is 0 Å². The molecular weight excluding hydrogens is 226 g/mol. The van der Waals surface area contributed by atoms with Gasteiger partial charge >= 0.3 is 0 Å². The van der Waals surface area contributed by atoms with Gasteiger partial charge in [0.1, 0.15) is 0 Å². The number of hydrogen-bond acceptors (Lipinski definition) is 2. The van der Waals surface area contributed by atoms with Gasteiger partial charge in [-0.2, -0.15) is 0 Å². The molecule has 1 spiro atoms. The summed E-state index contributed by atoms with van der Waals surface area (Å²) in [6.07, 6.45) is 6.09. The predicted octanol–water partition coefficient (Wildman–Crippen LogP) is 2.04.